The zero-order valence-corrected chi connectivity index (χ0v) is 15.0. The molecule has 0 saturated carbocycles. The Hall–Kier alpha value is -0.860. The summed E-state index contributed by atoms with van der Waals surface area (Å²) >= 11 is 0. The maximum absolute atomic E-state index is 12.1. The highest BCUT2D eigenvalue weighted by Gasteiger charge is 2.25. The first-order valence-corrected chi connectivity index (χ1v) is 9.61. The van der Waals surface area contributed by atoms with E-state index in [0.29, 0.717) is 32.6 Å². The van der Waals surface area contributed by atoms with Crippen molar-refractivity contribution in [2.75, 3.05) is 32.4 Å². The molecular formula is C14H29N3O4S. The lowest BCUT2D eigenvalue weighted by Crippen LogP contribution is -2.52. The normalized spacial score (nSPS) is 23.1. The van der Waals surface area contributed by atoms with Gasteiger partial charge in [-0.3, -0.25) is 0 Å². The number of nitrogens with zero attached hydrogens (tertiary/aromatic N) is 2. The number of nitrogens with one attached hydrogen (secondary N) is 1. The molecule has 22 heavy (non-hydrogen) atoms. The van der Waals surface area contributed by atoms with Crippen molar-refractivity contribution in [3.63, 3.8) is 0 Å². The summed E-state index contributed by atoms with van der Waals surface area (Å²) in [5.41, 5.74) is 0. The number of amides is 2. The van der Waals surface area contributed by atoms with Crippen LogP contribution in [-0.4, -0.2) is 74.3 Å². The Labute approximate surface area is 134 Å². The Balaban J connectivity index is 2.36. The predicted molar refractivity (Wildman–Crippen MR) is 86.3 cm³/mol. The zero-order chi connectivity index (χ0) is 16.9. The molecular weight excluding hydrogens is 306 g/mol. The average molecular weight is 335 g/mol. The van der Waals surface area contributed by atoms with Gasteiger partial charge >= 0.3 is 6.03 Å². The lowest BCUT2D eigenvalue weighted by atomic mass is 10.2. The van der Waals surface area contributed by atoms with Crippen LogP contribution in [0.15, 0.2) is 0 Å². The molecule has 7 nitrogen and oxygen atoms in total. The molecule has 2 amide bonds. The maximum atomic E-state index is 12.1. The number of carbonyl (C=O) groups excluding carboxylic acids is 1. The van der Waals surface area contributed by atoms with Crippen LogP contribution in [0.1, 0.15) is 34.1 Å². The van der Waals surface area contributed by atoms with Gasteiger partial charge < -0.3 is 15.0 Å². The van der Waals surface area contributed by atoms with Gasteiger partial charge in [-0.25, -0.2) is 13.2 Å². The molecule has 0 spiro atoms. The highest BCUT2D eigenvalue weighted by Crippen LogP contribution is 2.10. The Morgan fingerprint density at radius 3 is 2.32 bits per heavy atom. The van der Waals surface area contributed by atoms with Crippen molar-refractivity contribution in [2.24, 2.45) is 0 Å². The van der Waals surface area contributed by atoms with Crippen LogP contribution in [0.4, 0.5) is 4.79 Å². The fourth-order valence-electron chi connectivity index (χ4n) is 2.69. The fourth-order valence-corrected chi connectivity index (χ4v) is 3.92. The molecule has 2 unspecified atom stereocenters. The van der Waals surface area contributed by atoms with Crippen molar-refractivity contribution in [3.8, 4) is 0 Å². The largest absolute Gasteiger partial charge is 0.372 e. The van der Waals surface area contributed by atoms with Gasteiger partial charge in [0, 0.05) is 32.2 Å². The summed E-state index contributed by atoms with van der Waals surface area (Å²) in [7, 11) is -3.21. The molecule has 0 radical (unpaired) electrons. The van der Waals surface area contributed by atoms with Gasteiger partial charge in [-0.15, -0.1) is 0 Å². The molecule has 1 aliphatic rings. The van der Waals surface area contributed by atoms with Crippen molar-refractivity contribution in [1.82, 2.24) is 14.5 Å². The number of rotatable bonds is 6. The molecule has 1 fully saturated rings. The molecule has 0 aromatic carbocycles. The van der Waals surface area contributed by atoms with Gasteiger partial charge in [-0.2, -0.15) is 4.31 Å². The molecule has 1 saturated heterocycles. The van der Waals surface area contributed by atoms with E-state index >= 15 is 0 Å². The van der Waals surface area contributed by atoms with Crippen molar-refractivity contribution in [3.05, 3.63) is 0 Å². The van der Waals surface area contributed by atoms with Crippen LogP contribution in [0.25, 0.3) is 0 Å². The Morgan fingerprint density at radius 1 is 1.32 bits per heavy atom. The highest BCUT2D eigenvalue weighted by molar-refractivity contribution is 7.88. The van der Waals surface area contributed by atoms with Crippen molar-refractivity contribution >= 4 is 16.1 Å². The summed E-state index contributed by atoms with van der Waals surface area (Å²) in [6.45, 7) is 9.61. The van der Waals surface area contributed by atoms with Crippen LogP contribution in [-0.2, 0) is 14.8 Å². The third-order valence-electron chi connectivity index (χ3n) is 3.54. The van der Waals surface area contributed by atoms with E-state index in [2.05, 4.69) is 5.32 Å². The Kier molecular flexibility index (Phi) is 7.08. The minimum Gasteiger partial charge on any atom is -0.372 e. The van der Waals surface area contributed by atoms with E-state index in [1.54, 1.807) is 4.90 Å². The molecule has 1 heterocycles. The van der Waals surface area contributed by atoms with Gasteiger partial charge in [-0.05, 0) is 34.1 Å². The summed E-state index contributed by atoms with van der Waals surface area (Å²) in [6, 6.07) is -0.191. The summed E-state index contributed by atoms with van der Waals surface area (Å²) in [4.78, 5) is 13.8. The highest BCUT2D eigenvalue weighted by atomic mass is 32.2. The Morgan fingerprint density at radius 2 is 1.86 bits per heavy atom. The topological polar surface area (TPSA) is 79.0 Å². The molecule has 2 atom stereocenters. The van der Waals surface area contributed by atoms with E-state index in [9.17, 15) is 13.2 Å². The van der Waals surface area contributed by atoms with Crippen LogP contribution in [0, 0.1) is 0 Å². The van der Waals surface area contributed by atoms with E-state index in [1.807, 2.05) is 27.7 Å². The minimum atomic E-state index is -3.21. The second kappa shape index (κ2) is 8.12. The second-order valence-electron chi connectivity index (χ2n) is 6.22. The second-order valence-corrected chi connectivity index (χ2v) is 8.15. The van der Waals surface area contributed by atoms with Gasteiger partial charge in [0.25, 0.3) is 0 Å². The molecule has 0 bridgehead atoms. The predicted octanol–water partition coefficient (Wildman–Crippen LogP) is 0.865. The summed E-state index contributed by atoms with van der Waals surface area (Å²) < 4.78 is 30.3. The van der Waals surface area contributed by atoms with E-state index in [0.717, 1.165) is 0 Å². The summed E-state index contributed by atoms with van der Waals surface area (Å²) in [5.74, 6) is 0. The number of urea groups is 1. The van der Waals surface area contributed by atoms with E-state index in [-0.39, 0.29) is 24.3 Å². The van der Waals surface area contributed by atoms with Crippen LogP contribution in [0.3, 0.4) is 0 Å². The van der Waals surface area contributed by atoms with Crippen molar-refractivity contribution in [2.45, 2.75) is 52.4 Å². The number of carbonyl (C=O) groups is 1. The Bertz CT molecular complexity index is 457. The number of sulfonamides is 1. The smallest absolute Gasteiger partial charge is 0.317 e. The monoisotopic (exact) mass is 335 g/mol. The number of hydrogen-bond acceptors (Lipinski definition) is 4. The zero-order valence-electron chi connectivity index (χ0n) is 14.2. The SMILES string of the molecule is CC1CN(C(=O)NCCCN(C(C)C)S(C)(=O)=O)CC(C)O1. The van der Waals surface area contributed by atoms with E-state index < -0.39 is 10.0 Å². The van der Waals surface area contributed by atoms with Crippen LogP contribution < -0.4 is 5.32 Å². The van der Waals surface area contributed by atoms with Gasteiger partial charge in [0.2, 0.25) is 10.0 Å². The molecule has 0 aliphatic carbocycles. The number of morpholine rings is 1. The van der Waals surface area contributed by atoms with E-state index in [4.69, 9.17) is 4.74 Å². The van der Waals surface area contributed by atoms with Gasteiger partial charge in [0.15, 0.2) is 0 Å². The molecule has 0 aromatic heterocycles. The number of ether oxygens (including phenoxy) is 1. The first kappa shape index (κ1) is 19.2. The lowest BCUT2D eigenvalue weighted by molar-refractivity contribution is -0.0545. The fraction of sp³-hybridized carbons (Fsp3) is 0.929. The summed E-state index contributed by atoms with van der Waals surface area (Å²) in [5, 5.41) is 2.85. The molecule has 130 valence electrons. The molecule has 1 N–H and O–H groups in total. The number of hydrogen-bond donors (Lipinski definition) is 1. The molecule has 8 heteroatoms. The van der Waals surface area contributed by atoms with E-state index in [1.165, 1.54) is 10.6 Å². The molecule has 1 rings (SSSR count). The standard InChI is InChI=1S/C14H29N3O4S/c1-11(2)17(22(5,19)20)8-6-7-15-14(18)16-9-12(3)21-13(4)10-16/h11-13H,6-10H2,1-5H3,(H,15,18). The average Bonchev–Trinajstić information content (AvgIpc) is 2.34. The first-order chi connectivity index (χ1) is 10.1. The lowest BCUT2D eigenvalue weighted by Gasteiger charge is -2.35. The van der Waals surface area contributed by atoms with Gasteiger partial charge in [-0.1, -0.05) is 0 Å². The van der Waals surface area contributed by atoms with Crippen molar-refractivity contribution < 1.29 is 17.9 Å². The van der Waals surface area contributed by atoms with Crippen LogP contribution >= 0.6 is 0 Å². The first-order valence-electron chi connectivity index (χ1n) is 7.76. The third kappa shape index (κ3) is 6.10. The third-order valence-corrected chi connectivity index (χ3v) is 5.00. The maximum Gasteiger partial charge on any atom is 0.317 e. The quantitative estimate of drug-likeness (QED) is 0.731. The van der Waals surface area contributed by atoms with Gasteiger partial charge in [0.05, 0.1) is 18.5 Å². The van der Waals surface area contributed by atoms with Crippen LogP contribution in [0.2, 0.25) is 0 Å². The summed E-state index contributed by atoms with van der Waals surface area (Å²) in [6.07, 6.45) is 1.88. The molecule has 0 aromatic rings. The van der Waals surface area contributed by atoms with Gasteiger partial charge in [0.1, 0.15) is 0 Å². The van der Waals surface area contributed by atoms with Crippen LogP contribution in [0.5, 0.6) is 0 Å². The van der Waals surface area contributed by atoms with Crippen molar-refractivity contribution in [1.29, 1.82) is 0 Å². The molecule has 1 aliphatic heterocycles. The minimum absolute atomic E-state index is 0.0381.